The highest BCUT2D eigenvalue weighted by Gasteiger charge is 2.15. The molecule has 0 aliphatic heterocycles. The lowest BCUT2D eigenvalue weighted by molar-refractivity contribution is 0.0696. The number of anilines is 1. The van der Waals surface area contributed by atoms with Crippen molar-refractivity contribution in [2.24, 2.45) is 0 Å². The number of hydrogen-bond acceptors (Lipinski definition) is 4. The maximum absolute atomic E-state index is 12.4. The van der Waals surface area contributed by atoms with Crippen LogP contribution in [0.2, 0.25) is 0 Å². The van der Waals surface area contributed by atoms with Crippen molar-refractivity contribution in [3.8, 4) is 5.69 Å². The van der Waals surface area contributed by atoms with E-state index in [0.29, 0.717) is 35.0 Å². The summed E-state index contributed by atoms with van der Waals surface area (Å²) in [5.74, 6) is -0.0313. The molecule has 0 unspecified atom stereocenters. The Kier molecular flexibility index (Phi) is 4.79. The van der Waals surface area contributed by atoms with E-state index in [4.69, 9.17) is 0 Å². The number of nitrogens with one attached hydrogen (secondary N) is 1. The molecule has 0 saturated heterocycles. The molecule has 0 bridgehead atoms. The van der Waals surface area contributed by atoms with Gasteiger partial charge in [0.25, 0.3) is 5.91 Å². The van der Waals surface area contributed by atoms with Crippen LogP contribution in [0.4, 0.5) is 5.69 Å². The van der Waals surface area contributed by atoms with Crippen molar-refractivity contribution in [3.63, 3.8) is 0 Å². The van der Waals surface area contributed by atoms with Gasteiger partial charge >= 0.3 is 5.97 Å². The average Bonchev–Trinajstić information content (AvgIpc) is 3.02. The quantitative estimate of drug-likeness (QED) is 0.737. The molecule has 7 heteroatoms. The first-order chi connectivity index (χ1) is 12.5. The predicted molar refractivity (Wildman–Crippen MR) is 96.8 cm³/mol. The fourth-order valence-corrected chi connectivity index (χ4v) is 2.70. The Morgan fingerprint density at radius 2 is 1.81 bits per heavy atom. The highest BCUT2D eigenvalue weighted by molar-refractivity contribution is 6.05. The van der Waals surface area contributed by atoms with Crippen LogP contribution in [0.5, 0.6) is 0 Å². The van der Waals surface area contributed by atoms with Crippen LogP contribution in [0.3, 0.4) is 0 Å². The van der Waals surface area contributed by atoms with Crippen molar-refractivity contribution >= 4 is 17.6 Å². The second-order valence-corrected chi connectivity index (χ2v) is 5.75. The van der Waals surface area contributed by atoms with E-state index in [1.54, 1.807) is 41.8 Å². The van der Waals surface area contributed by atoms with Crippen LogP contribution in [0.15, 0.2) is 48.5 Å². The lowest BCUT2D eigenvalue weighted by atomic mass is 10.1. The van der Waals surface area contributed by atoms with Gasteiger partial charge in [-0.25, -0.2) is 4.79 Å². The van der Waals surface area contributed by atoms with Crippen LogP contribution in [0, 0.1) is 6.92 Å². The highest BCUT2D eigenvalue weighted by atomic mass is 16.4. The molecular weight excluding hydrogens is 332 g/mol. The van der Waals surface area contributed by atoms with E-state index in [1.165, 1.54) is 12.1 Å². The Balaban J connectivity index is 2.03. The first-order valence-corrected chi connectivity index (χ1v) is 8.15. The average molecular weight is 350 g/mol. The summed E-state index contributed by atoms with van der Waals surface area (Å²) in [6.45, 7) is 3.74. The summed E-state index contributed by atoms with van der Waals surface area (Å²) in [5, 5.41) is 20.3. The second kappa shape index (κ2) is 7.18. The van der Waals surface area contributed by atoms with Gasteiger partial charge in [-0.2, -0.15) is 0 Å². The molecule has 132 valence electrons. The molecule has 1 heterocycles. The molecule has 0 saturated carbocycles. The summed E-state index contributed by atoms with van der Waals surface area (Å²) in [4.78, 5) is 23.9. The van der Waals surface area contributed by atoms with Gasteiger partial charge in [0.2, 0.25) is 0 Å². The number of amides is 1. The Morgan fingerprint density at radius 3 is 2.46 bits per heavy atom. The molecule has 1 aromatic heterocycles. The molecule has 0 atom stereocenters. The van der Waals surface area contributed by atoms with E-state index in [2.05, 4.69) is 15.5 Å². The minimum Gasteiger partial charge on any atom is -0.478 e. The van der Waals surface area contributed by atoms with Crippen LogP contribution in [-0.4, -0.2) is 31.7 Å². The van der Waals surface area contributed by atoms with Crippen LogP contribution < -0.4 is 5.32 Å². The molecule has 2 aromatic carbocycles. The van der Waals surface area contributed by atoms with Gasteiger partial charge in [0.15, 0.2) is 0 Å². The largest absolute Gasteiger partial charge is 0.478 e. The Morgan fingerprint density at radius 1 is 1.08 bits per heavy atom. The molecule has 26 heavy (non-hydrogen) atoms. The van der Waals surface area contributed by atoms with E-state index in [9.17, 15) is 14.7 Å². The summed E-state index contributed by atoms with van der Waals surface area (Å²) >= 11 is 0. The fraction of sp³-hybridized carbons (Fsp3) is 0.158. The molecule has 0 spiro atoms. The van der Waals surface area contributed by atoms with Crippen LogP contribution in [-0.2, 0) is 6.42 Å². The summed E-state index contributed by atoms with van der Waals surface area (Å²) in [5.41, 5.74) is 1.54. The van der Waals surface area contributed by atoms with Gasteiger partial charge in [0.1, 0.15) is 11.6 Å². The molecule has 0 fully saturated rings. The van der Waals surface area contributed by atoms with E-state index >= 15 is 0 Å². The van der Waals surface area contributed by atoms with Crippen molar-refractivity contribution in [3.05, 3.63) is 71.3 Å². The fourth-order valence-electron chi connectivity index (χ4n) is 2.70. The van der Waals surface area contributed by atoms with Crippen LogP contribution in [0.1, 0.15) is 39.3 Å². The minimum absolute atomic E-state index is 0.0704. The van der Waals surface area contributed by atoms with Crippen molar-refractivity contribution in [2.45, 2.75) is 20.3 Å². The Labute approximate surface area is 150 Å². The van der Waals surface area contributed by atoms with Crippen LogP contribution in [0.25, 0.3) is 5.69 Å². The zero-order valence-corrected chi connectivity index (χ0v) is 14.4. The number of nitrogens with zero attached hydrogens (tertiary/aromatic N) is 3. The number of hydrogen-bond donors (Lipinski definition) is 2. The normalized spacial score (nSPS) is 10.5. The molecule has 3 rings (SSSR count). The van der Waals surface area contributed by atoms with Gasteiger partial charge in [-0.1, -0.05) is 25.1 Å². The highest BCUT2D eigenvalue weighted by Crippen LogP contribution is 2.22. The van der Waals surface area contributed by atoms with Gasteiger partial charge in [0, 0.05) is 17.7 Å². The van der Waals surface area contributed by atoms with Crippen molar-refractivity contribution in [1.29, 1.82) is 0 Å². The number of carbonyl (C=O) groups excluding carboxylic acids is 1. The summed E-state index contributed by atoms with van der Waals surface area (Å²) in [6.07, 6.45) is 0.643. The maximum atomic E-state index is 12.4. The number of aromatic carboxylic acids is 1. The van der Waals surface area contributed by atoms with Gasteiger partial charge < -0.3 is 10.4 Å². The number of rotatable bonds is 5. The van der Waals surface area contributed by atoms with E-state index in [-0.39, 0.29) is 11.5 Å². The maximum Gasteiger partial charge on any atom is 0.335 e. The summed E-state index contributed by atoms with van der Waals surface area (Å²) < 4.78 is 1.78. The first-order valence-electron chi connectivity index (χ1n) is 8.15. The standard InChI is InChI=1S/C19H18N4O3/c1-3-17-22-21-12(2)23(17)16-10-14(19(25)26)9-15(11-16)20-18(24)13-7-5-4-6-8-13/h4-11H,3H2,1-2H3,(H,20,24)(H,25,26). The molecule has 0 radical (unpaired) electrons. The summed E-state index contributed by atoms with van der Waals surface area (Å²) in [6, 6.07) is 13.4. The topological polar surface area (TPSA) is 97.1 Å². The lowest BCUT2D eigenvalue weighted by Crippen LogP contribution is -2.13. The van der Waals surface area contributed by atoms with Gasteiger partial charge in [-0.05, 0) is 37.3 Å². The first kappa shape index (κ1) is 17.3. The third-order valence-electron chi connectivity index (χ3n) is 3.92. The van der Waals surface area contributed by atoms with E-state index in [0.717, 1.165) is 0 Å². The molecule has 0 aliphatic carbocycles. The smallest absolute Gasteiger partial charge is 0.335 e. The molecule has 7 nitrogen and oxygen atoms in total. The number of aromatic nitrogens is 3. The van der Waals surface area contributed by atoms with Gasteiger partial charge in [-0.15, -0.1) is 10.2 Å². The minimum atomic E-state index is -1.08. The number of carboxylic acids is 1. The van der Waals surface area contributed by atoms with Crippen molar-refractivity contribution < 1.29 is 14.7 Å². The zero-order chi connectivity index (χ0) is 18.7. The lowest BCUT2D eigenvalue weighted by Gasteiger charge is -2.12. The SMILES string of the molecule is CCc1nnc(C)n1-c1cc(NC(=O)c2ccccc2)cc(C(=O)O)c1. The molecule has 0 aliphatic rings. The number of carboxylic acid groups (broad SMARTS) is 1. The molecule has 2 N–H and O–H groups in total. The van der Waals surface area contributed by atoms with E-state index < -0.39 is 5.97 Å². The van der Waals surface area contributed by atoms with E-state index in [1.807, 2.05) is 13.0 Å². The Hall–Kier alpha value is -3.48. The molecular formula is C19H18N4O3. The molecule has 1 amide bonds. The third kappa shape index (κ3) is 3.46. The predicted octanol–water partition coefficient (Wildman–Crippen LogP) is 3.09. The zero-order valence-electron chi connectivity index (χ0n) is 14.4. The third-order valence-corrected chi connectivity index (χ3v) is 3.92. The van der Waals surface area contributed by atoms with Gasteiger partial charge in [-0.3, -0.25) is 9.36 Å². The van der Waals surface area contributed by atoms with Gasteiger partial charge in [0.05, 0.1) is 11.3 Å². The summed E-state index contributed by atoms with van der Waals surface area (Å²) in [7, 11) is 0. The number of benzene rings is 2. The van der Waals surface area contributed by atoms with Crippen molar-refractivity contribution in [2.75, 3.05) is 5.32 Å². The second-order valence-electron chi connectivity index (χ2n) is 5.75. The number of aryl methyl sites for hydroxylation is 2. The van der Waals surface area contributed by atoms with Crippen LogP contribution >= 0.6 is 0 Å². The Bertz CT molecular complexity index is 964. The monoisotopic (exact) mass is 350 g/mol. The number of carbonyl (C=O) groups is 2. The van der Waals surface area contributed by atoms with Crippen molar-refractivity contribution in [1.82, 2.24) is 14.8 Å². The molecule has 3 aromatic rings.